The molecule has 0 amide bonds. The quantitative estimate of drug-likeness (QED) is 0.643. The van der Waals surface area contributed by atoms with E-state index in [1.807, 2.05) is 0 Å². The Kier molecular flexibility index (Phi) is 2.23. The summed E-state index contributed by atoms with van der Waals surface area (Å²) in [6.07, 6.45) is 1.93. The Morgan fingerprint density at radius 2 is 2.25 bits per heavy atom. The SMILES string of the molecule is Cc1n[c]nc(O)c1CC(=O)O. The topological polar surface area (TPSA) is 83.3 Å². The van der Waals surface area contributed by atoms with Crippen LogP contribution in [-0.2, 0) is 11.2 Å². The molecule has 5 heteroatoms. The van der Waals surface area contributed by atoms with Gasteiger partial charge in [0.2, 0.25) is 12.2 Å². The molecule has 0 fully saturated rings. The highest BCUT2D eigenvalue weighted by molar-refractivity contribution is 5.71. The molecule has 1 radical (unpaired) electrons. The maximum Gasteiger partial charge on any atom is 0.308 e. The molecule has 0 atom stereocenters. The lowest BCUT2D eigenvalue weighted by Gasteiger charge is -2.01. The van der Waals surface area contributed by atoms with E-state index in [0.29, 0.717) is 5.69 Å². The molecule has 1 aromatic rings. The third kappa shape index (κ3) is 1.69. The third-order valence-electron chi connectivity index (χ3n) is 1.41. The summed E-state index contributed by atoms with van der Waals surface area (Å²) in [4.78, 5) is 17.3. The van der Waals surface area contributed by atoms with Crippen LogP contribution in [-0.4, -0.2) is 26.2 Å². The van der Waals surface area contributed by atoms with E-state index in [0.717, 1.165) is 0 Å². The van der Waals surface area contributed by atoms with Crippen LogP contribution in [0.5, 0.6) is 5.88 Å². The maximum atomic E-state index is 10.3. The summed E-state index contributed by atoms with van der Waals surface area (Å²) in [6.45, 7) is 1.59. The Hall–Kier alpha value is -1.65. The van der Waals surface area contributed by atoms with Gasteiger partial charge in [0.15, 0.2) is 0 Å². The van der Waals surface area contributed by atoms with E-state index < -0.39 is 5.97 Å². The number of nitrogens with zero attached hydrogens (tertiary/aromatic N) is 2. The summed E-state index contributed by atoms with van der Waals surface area (Å²) in [6, 6.07) is 0. The van der Waals surface area contributed by atoms with Crippen LogP contribution < -0.4 is 0 Å². The van der Waals surface area contributed by atoms with Crippen molar-refractivity contribution in [3.63, 3.8) is 0 Å². The van der Waals surface area contributed by atoms with Gasteiger partial charge < -0.3 is 10.2 Å². The van der Waals surface area contributed by atoms with Crippen LogP contribution in [0.2, 0.25) is 0 Å². The van der Waals surface area contributed by atoms with Crippen LogP contribution in [0.15, 0.2) is 0 Å². The molecule has 1 rings (SSSR count). The summed E-state index contributed by atoms with van der Waals surface area (Å²) in [7, 11) is 0. The van der Waals surface area contributed by atoms with E-state index in [9.17, 15) is 4.79 Å². The van der Waals surface area contributed by atoms with Gasteiger partial charge in [-0.15, -0.1) is 0 Å². The zero-order chi connectivity index (χ0) is 9.14. The average Bonchev–Trinajstić information content (AvgIpc) is 1.97. The minimum absolute atomic E-state index is 0.237. The molecule has 0 aromatic carbocycles. The number of aliphatic carboxylic acids is 1. The molecule has 2 N–H and O–H groups in total. The molecule has 1 aromatic heterocycles. The molecule has 5 nitrogen and oxygen atoms in total. The molecule has 0 aliphatic heterocycles. The smallest absolute Gasteiger partial charge is 0.308 e. The molecular formula is C7H7N2O3. The standard InChI is InChI=1S/C7H7N2O3/c1-4-5(2-6(10)11)7(12)9-3-8-4/h2H2,1H3,(H,10,11)(H,8,9,12). The van der Waals surface area contributed by atoms with Crippen LogP contribution in [0.4, 0.5) is 0 Å². The largest absolute Gasteiger partial charge is 0.493 e. The first-order chi connectivity index (χ1) is 5.61. The number of carboxylic acids is 1. The number of aromatic nitrogens is 2. The minimum Gasteiger partial charge on any atom is -0.493 e. The second-order valence-corrected chi connectivity index (χ2v) is 2.28. The molecule has 0 aliphatic rings. The number of carbonyl (C=O) groups is 1. The number of hydrogen-bond donors (Lipinski definition) is 2. The summed E-state index contributed by atoms with van der Waals surface area (Å²) >= 11 is 0. The van der Waals surface area contributed by atoms with Gasteiger partial charge in [0, 0.05) is 11.3 Å². The Bertz CT molecular complexity index is 291. The Morgan fingerprint density at radius 3 is 2.75 bits per heavy atom. The molecule has 1 heterocycles. The fourth-order valence-corrected chi connectivity index (χ4v) is 0.802. The fourth-order valence-electron chi connectivity index (χ4n) is 0.802. The molecular weight excluding hydrogens is 160 g/mol. The van der Waals surface area contributed by atoms with Crippen LogP contribution in [0.25, 0.3) is 0 Å². The normalized spacial score (nSPS) is 9.75. The van der Waals surface area contributed by atoms with Gasteiger partial charge in [0.1, 0.15) is 0 Å². The van der Waals surface area contributed by atoms with Crippen LogP contribution in [0.3, 0.4) is 0 Å². The van der Waals surface area contributed by atoms with E-state index in [-0.39, 0.29) is 17.9 Å². The highest BCUT2D eigenvalue weighted by atomic mass is 16.4. The average molecular weight is 167 g/mol. The molecule has 0 saturated carbocycles. The highest BCUT2D eigenvalue weighted by Crippen LogP contribution is 2.15. The molecule has 0 saturated heterocycles. The Labute approximate surface area is 68.7 Å². The van der Waals surface area contributed by atoms with Crippen molar-refractivity contribution in [1.82, 2.24) is 9.97 Å². The first-order valence-corrected chi connectivity index (χ1v) is 3.25. The van der Waals surface area contributed by atoms with Crippen LogP contribution >= 0.6 is 0 Å². The van der Waals surface area contributed by atoms with Crippen LogP contribution in [0.1, 0.15) is 11.3 Å². The lowest BCUT2D eigenvalue weighted by atomic mass is 10.2. The van der Waals surface area contributed by atoms with Gasteiger partial charge in [-0.25, -0.2) is 4.98 Å². The molecule has 0 spiro atoms. The summed E-state index contributed by atoms with van der Waals surface area (Å²) < 4.78 is 0. The van der Waals surface area contributed by atoms with Gasteiger partial charge >= 0.3 is 5.97 Å². The molecule has 63 valence electrons. The van der Waals surface area contributed by atoms with Crippen molar-refractivity contribution in [2.75, 3.05) is 0 Å². The van der Waals surface area contributed by atoms with Crippen LogP contribution in [0, 0.1) is 13.3 Å². The zero-order valence-electron chi connectivity index (χ0n) is 6.40. The van der Waals surface area contributed by atoms with Crippen molar-refractivity contribution in [2.24, 2.45) is 0 Å². The Morgan fingerprint density at radius 1 is 1.58 bits per heavy atom. The van der Waals surface area contributed by atoms with Crippen molar-refractivity contribution in [2.45, 2.75) is 13.3 Å². The number of hydrogen-bond acceptors (Lipinski definition) is 4. The van der Waals surface area contributed by atoms with Gasteiger partial charge in [-0.1, -0.05) is 0 Å². The number of aromatic hydroxyl groups is 1. The van der Waals surface area contributed by atoms with Crippen molar-refractivity contribution in [3.05, 3.63) is 17.6 Å². The predicted molar refractivity (Wildman–Crippen MR) is 38.6 cm³/mol. The summed E-state index contributed by atoms with van der Waals surface area (Å²) in [5, 5.41) is 17.5. The monoisotopic (exact) mass is 167 g/mol. The molecule has 0 bridgehead atoms. The molecule has 0 aliphatic carbocycles. The first-order valence-electron chi connectivity index (χ1n) is 3.25. The first kappa shape index (κ1) is 8.45. The van der Waals surface area contributed by atoms with Gasteiger partial charge in [0.05, 0.1) is 6.42 Å². The Balaban J connectivity index is 3.04. The zero-order valence-corrected chi connectivity index (χ0v) is 6.40. The minimum atomic E-state index is -1.02. The third-order valence-corrected chi connectivity index (χ3v) is 1.41. The fraction of sp³-hybridized carbons (Fsp3) is 0.286. The highest BCUT2D eigenvalue weighted by Gasteiger charge is 2.10. The number of rotatable bonds is 2. The van der Waals surface area contributed by atoms with E-state index in [4.69, 9.17) is 10.2 Å². The van der Waals surface area contributed by atoms with Crippen molar-refractivity contribution in [1.29, 1.82) is 0 Å². The molecule has 0 unspecified atom stereocenters. The number of aryl methyl sites for hydroxylation is 1. The summed E-state index contributed by atoms with van der Waals surface area (Å²) in [5.74, 6) is -1.34. The summed E-state index contributed by atoms with van der Waals surface area (Å²) in [5.41, 5.74) is 0.672. The van der Waals surface area contributed by atoms with Crippen molar-refractivity contribution < 1.29 is 15.0 Å². The van der Waals surface area contributed by atoms with Gasteiger partial charge in [-0.2, -0.15) is 4.98 Å². The molecule has 12 heavy (non-hydrogen) atoms. The van der Waals surface area contributed by atoms with Crippen molar-refractivity contribution in [3.8, 4) is 5.88 Å². The lowest BCUT2D eigenvalue weighted by molar-refractivity contribution is -0.136. The van der Waals surface area contributed by atoms with Gasteiger partial charge in [-0.05, 0) is 6.92 Å². The van der Waals surface area contributed by atoms with Gasteiger partial charge in [0.25, 0.3) is 0 Å². The van der Waals surface area contributed by atoms with E-state index in [2.05, 4.69) is 16.3 Å². The van der Waals surface area contributed by atoms with Gasteiger partial charge in [-0.3, -0.25) is 4.79 Å². The van der Waals surface area contributed by atoms with E-state index in [1.54, 1.807) is 6.92 Å². The lowest BCUT2D eigenvalue weighted by Crippen LogP contribution is -2.04. The van der Waals surface area contributed by atoms with Crippen molar-refractivity contribution >= 4 is 5.97 Å². The maximum absolute atomic E-state index is 10.3. The predicted octanol–water partition coefficient (Wildman–Crippen LogP) is -0.0821. The second-order valence-electron chi connectivity index (χ2n) is 2.28. The second kappa shape index (κ2) is 3.17. The van der Waals surface area contributed by atoms with E-state index >= 15 is 0 Å². The van der Waals surface area contributed by atoms with E-state index in [1.165, 1.54) is 0 Å². The number of carboxylic acid groups (broad SMARTS) is 1.